The number of halogens is 2. The third kappa shape index (κ3) is 3.45. The number of aliphatic carboxylic acids is 1. The van der Waals surface area contributed by atoms with Gasteiger partial charge in [-0.05, 0) is 57.3 Å². The molecule has 1 aromatic rings. The molecule has 0 aliphatic rings. The molecule has 0 atom stereocenters. The van der Waals surface area contributed by atoms with Crippen molar-refractivity contribution in [3.8, 4) is 5.75 Å². The van der Waals surface area contributed by atoms with Crippen LogP contribution in [0.15, 0.2) is 12.1 Å². The monoisotopic (exact) mass is 434 g/mol. The molecule has 0 aromatic heterocycles. The fourth-order valence-electron chi connectivity index (χ4n) is 1.11. The summed E-state index contributed by atoms with van der Waals surface area (Å²) < 4.78 is 6.64. The zero-order valence-electron chi connectivity index (χ0n) is 7.54. The quantitative estimate of drug-likeness (QED) is 0.561. The van der Waals surface area contributed by atoms with Gasteiger partial charge >= 0.3 is 5.97 Å². The smallest absolute Gasteiger partial charge is 0.308 e. The predicted octanol–water partition coefficient (Wildman–Crippen LogP) is 1.85. The first-order valence-corrected chi connectivity index (χ1v) is 6.14. The number of aliphatic hydroxyl groups excluding tert-OH is 1. The lowest BCUT2D eigenvalue weighted by atomic mass is 10.1. The summed E-state index contributed by atoms with van der Waals surface area (Å²) in [5.41, 5.74) is 0.601. The average Bonchev–Trinajstić information content (AvgIpc) is 2.17. The lowest BCUT2D eigenvalue weighted by molar-refractivity contribution is -0.136. The fourth-order valence-corrected chi connectivity index (χ4v) is 2.39. The lowest BCUT2D eigenvalue weighted by Crippen LogP contribution is -2.07. The summed E-state index contributed by atoms with van der Waals surface area (Å²) in [5, 5.41) is 17.5. The van der Waals surface area contributed by atoms with E-state index in [2.05, 4.69) is 0 Å². The Kier molecular flexibility index (Phi) is 5.06. The number of hydrogen-bond acceptors (Lipinski definition) is 3. The second-order valence-electron chi connectivity index (χ2n) is 2.68. The molecule has 0 aliphatic carbocycles. The number of rotatable bonds is 4. The normalized spacial score (nSPS) is 10.1. The fraction of sp³-hybridized carbons (Fsp3) is 0.222. The van der Waals surface area contributed by atoms with Crippen LogP contribution in [0.25, 0.3) is 0 Å². The van der Waals surface area contributed by atoms with Gasteiger partial charge in [0, 0.05) is 9.13 Å². The summed E-state index contributed by atoms with van der Waals surface area (Å²) >= 11 is 4.09. The highest BCUT2D eigenvalue weighted by atomic mass is 127. The van der Waals surface area contributed by atoms with Crippen molar-refractivity contribution in [2.45, 2.75) is 6.42 Å². The Bertz CT molecular complexity index is 379. The molecule has 0 fully saturated rings. The summed E-state index contributed by atoms with van der Waals surface area (Å²) in [4.78, 5) is 10.7. The molecule has 0 bridgehead atoms. The number of hydrogen-bond donors (Lipinski definition) is 2. The van der Waals surface area contributed by atoms with Crippen LogP contribution in [0, 0.1) is 7.14 Å². The number of carboxylic acid groups (broad SMARTS) is 1. The van der Waals surface area contributed by atoms with Gasteiger partial charge in [0.05, 0.1) is 9.99 Å². The van der Waals surface area contributed by atoms with E-state index in [1.807, 2.05) is 57.3 Å². The molecule has 2 N–H and O–H groups in total. The van der Waals surface area contributed by atoms with Gasteiger partial charge in [-0.25, -0.2) is 0 Å². The molecule has 0 saturated carbocycles. The van der Waals surface area contributed by atoms with E-state index in [1.165, 1.54) is 0 Å². The van der Waals surface area contributed by atoms with Crippen molar-refractivity contribution in [3.63, 3.8) is 0 Å². The summed E-state index contributed by atoms with van der Waals surface area (Å²) in [6.45, 7) is -0.456. The van der Waals surface area contributed by atoms with Crippen LogP contribution in [0.5, 0.6) is 5.75 Å². The molecule has 6 heteroatoms. The van der Waals surface area contributed by atoms with Crippen molar-refractivity contribution in [2.75, 3.05) is 6.79 Å². The number of carbonyl (C=O) groups is 1. The maximum Gasteiger partial charge on any atom is 0.308 e. The molecular weight excluding hydrogens is 426 g/mol. The molecule has 0 aliphatic heterocycles. The van der Waals surface area contributed by atoms with E-state index >= 15 is 0 Å². The maximum atomic E-state index is 10.7. The molecular formula is C9H8I2O4. The standard InChI is InChI=1S/C9H8I2O4/c10-6-1-2-7(11)9(15-4-12)5(6)3-8(13)14/h1-2,12H,3-4H2,(H,13,14). The van der Waals surface area contributed by atoms with Gasteiger partial charge in [-0.2, -0.15) is 0 Å². The molecule has 0 radical (unpaired) electrons. The van der Waals surface area contributed by atoms with Crippen LogP contribution in [-0.2, 0) is 11.2 Å². The second-order valence-corrected chi connectivity index (χ2v) is 5.01. The van der Waals surface area contributed by atoms with E-state index in [4.69, 9.17) is 14.9 Å². The molecule has 0 saturated heterocycles. The van der Waals surface area contributed by atoms with Crippen LogP contribution in [0.2, 0.25) is 0 Å². The summed E-state index contributed by atoms with van der Waals surface area (Å²) in [6.07, 6.45) is -0.107. The van der Waals surface area contributed by atoms with Gasteiger partial charge in [0.25, 0.3) is 0 Å². The van der Waals surface area contributed by atoms with Crippen LogP contribution in [-0.4, -0.2) is 23.0 Å². The first kappa shape index (κ1) is 13.0. The zero-order chi connectivity index (χ0) is 11.4. The SMILES string of the molecule is O=C(O)Cc1c(I)ccc(I)c1OCO. The van der Waals surface area contributed by atoms with Gasteiger partial charge in [0.1, 0.15) is 5.75 Å². The van der Waals surface area contributed by atoms with E-state index in [0.29, 0.717) is 11.3 Å². The van der Waals surface area contributed by atoms with Gasteiger partial charge in [-0.15, -0.1) is 0 Å². The van der Waals surface area contributed by atoms with E-state index in [-0.39, 0.29) is 6.42 Å². The largest absolute Gasteiger partial charge is 0.481 e. The number of benzene rings is 1. The van der Waals surface area contributed by atoms with Gasteiger partial charge in [-0.1, -0.05) is 0 Å². The van der Waals surface area contributed by atoms with Crippen molar-refractivity contribution in [3.05, 3.63) is 24.8 Å². The highest BCUT2D eigenvalue weighted by molar-refractivity contribution is 14.1. The molecule has 82 valence electrons. The number of carboxylic acids is 1. The minimum Gasteiger partial charge on any atom is -0.481 e. The molecule has 0 unspecified atom stereocenters. The topological polar surface area (TPSA) is 66.8 Å². The molecule has 15 heavy (non-hydrogen) atoms. The van der Waals surface area contributed by atoms with Crippen LogP contribution >= 0.6 is 45.2 Å². The highest BCUT2D eigenvalue weighted by Gasteiger charge is 2.14. The van der Waals surface area contributed by atoms with Crippen LogP contribution in [0.4, 0.5) is 0 Å². The Labute approximate surface area is 114 Å². The van der Waals surface area contributed by atoms with E-state index in [1.54, 1.807) is 0 Å². The Hall–Kier alpha value is -0.0900. The maximum absolute atomic E-state index is 10.7. The third-order valence-corrected chi connectivity index (χ3v) is 3.55. The summed E-state index contributed by atoms with van der Waals surface area (Å²) in [5.74, 6) is -0.467. The number of ether oxygens (including phenoxy) is 1. The van der Waals surface area contributed by atoms with E-state index in [9.17, 15) is 4.79 Å². The van der Waals surface area contributed by atoms with Crippen molar-refractivity contribution >= 4 is 51.2 Å². The van der Waals surface area contributed by atoms with Gasteiger partial charge < -0.3 is 14.9 Å². The van der Waals surface area contributed by atoms with Crippen LogP contribution in [0.3, 0.4) is 0 Å². The Morgan fingerprint density at radius 2 is 1.93 bits per heavy atom. The van der Waals surface area contributed by atoms with Crippen LogP contribution in [0.1, 0.15) is 5.56 Å². The number of aliphatic hydroxyl groups is 1. The minimum absolute atomic E-state index is 0.107. The first-order valence-electron chi connectivity index (χ1n) is 3.98. The molecule has 0 spiro atoms. The van der Waals surface area contributed by atoms with Crippen LogP contribution < -0.4 is 4.74 Å². The van der Waals surface area contributed by atoms with E-state index in [0.717, 1.165) is 7.14 Å². The van der Waals surface area contributed by atoms with Gasteiger partial charge in [0.2, 0.25) is 0 Å². The molecule has 4 nitrogen and oxygen atoms in total. The Morgan fingerprint density at radius 1 is 1.33 bits per heavy atom. The molecule has 1 rings (SSSR count). The average molecular weight is 434 g/mol. The first-order chi connectivity index (χ1) is 7.06. The van der Waals surface area contributed by atoms with E-state index < -0.39 is 12.8 Å². The molecule has 0 amide bonds. The second kappa shape index (κ2) is 5.85. The van der Waals surface area contributed by atoms with Crippen molar-refractivity contribution in [1.29, 1.82) is 0 Å². The molecule has 1 aromatic carbocycles. The van der Waals surface area contributed by atoms with Crippen molar-refractivity contribution in [2.24, 2.45) is 0 Å². The highest BCUT2D eigenvalue weighted by Crippen LogP contribution is 2.30. The predicted molar refractivity (Wildman–Crippen MR) is 70.9 cm³/mol. The Balaban J connectivity index is 3.18. The van der Waals surface area contributed by atoms with Crippen molar-refractivity contribution in [1.82, 2.24) is 0 Å². The zero-order valence-corrected chi connectivity index (χ0v) is 11.9. The minimum atomic E-state index is -0.919. The van der Waals surface area contributed by atoms with Gasteiger partial charge in [-0.3, -0.25) is 4.79 Å². The Morgan fingerprint density at radius 3 is 2.47 bits per heavy atom. The molecule has 0 heterocycles. The third-order valence-electron chi connectivity index (χ3n) is 1.69. The van der Waals surface area contributed by atoms with Gasteiger partial charge in [0.15, 0.2) is 6.79 Å². The summed E-state index contributed by atoms with van der Waals surface area (Å²) in [6, 6.07) is 3.64. The summed E-state index contributed by atoms with van der Waals surface area (Å²) in [7, 11) is 0. The lowest BCUT2D eigenvalue weighted by Gasteiger charge is -2.11. The van der Waals surface area contributed by atoms with Crippen molar-refractivity contribution < 1.29 is 19.7 Å².